The summed E-state index contributed by atoms with van der Waals surface area (Å²) in [6.07, 6.45) is 1.70. The number of likely N-dealkylation sites (N-methyl/N-ethyl adjacent to an activating group) is 1. The second-order valence-electron chi connectivity index (χ2n) is 8.00. The van der Waals surface area contributed by atoms with E-state index in [0.717, 1.165) is 42.8 Å². The first-order valence-corrected chi connectivity index (χ1v) is 11.8. The van der Waals surface area contributed by atoms with Gasteiger partial charge in [0.25, 0.3) is 5.91 Å². The Kier molecular flexibility index (Phi) is 7.49. The summed E-state index contributed by atoms with van der Waals surface area (Å²) in [6.45, 7) is 9.92. The molecule has 34 heavy (non-hydrogen) atoms. The van der Waals surface area contributed by atoms with Crippen molar-refractivity contribution in [2.45, 2.75) is 34.0 Å². The Morgan fingerprint density at radius 2 is 1.94 bits per heavy atom. The highest BCUT2D eigenvalue weighted by Crippen LogP contribution is 2.25. The van der Waals surface area contributed by atoms with Crippen molar-refractivity contribution < 1.29 is 9.53 Å². The topological polar surface area (TPSA) is 77.2 Å². The molecule has 2 heterocycles. The number of aryl methyl sites for hydroxylation is 1. The molecule has 9 heteroatoms. The van der Waals surface area contributed by atoms with E-state index in [1.807, 2.05) is 47.9 Å². The minimum Gasteiger partial charge on any atom is -0.470 e. The number of anilines is 1. The molecule has 0 aliphatic carbocycles. The van der Waals surface area contributed by atoms with Crippen LogP contribution in [0.25, 0.3) is 11.0 Å². The number of amides is 1. The summed E-state index contributed by atoms with van der Waals surface area (Å²) in [7, 11) is 0. The van der Waals surface area contributed by atoms with E-state index in [-0.39, 0.29) is 18.3 Å². The summed E-state index contributed by atoms with van der Waals surface area (Å²) < 4.78 is 9.36. The normalized spacial score (nSPS) is 11.3. The number of benzene rings is 2. The van der Waals surface area contributed by atoms with Crippen LogP contribution in [0.2, 0.25) is 5.02 Å². The lowest BCUT2D eigenvalue weighted by molar-refractivity contribution is 0.101. The maximum absolute atomic E-state index is 13.0. The number of rotatable bonds is 10. The Bertz CT molecular complexity index is 1280. The molecule has 0 radical (unpaired) electrons. The minimum atomic E-state index is -0.327. The van der Waals surface area contributed by atoms with Crippen molar-refractivity contribution in [3.05, 3.63) is 71.0 Å². The minimum absolute atomic E-state index is 0.138. The van der Waals surface area contributed by atoms with E-state index in [1.54, 1.807) is 23.0 Å². The van der Waals surface area contributed by atoms with E-state index >= 15 is 0 Å². The second-order valence-corrected chi connectivity index (χ2v) is 8.41. The zero-order valence-corrected chi connectivity index (χ0v) is 20.4. The molecule has 0 bridgehead atoms. The Hall–Kier alpha value is -3.36. The Labute approximate surface area is 204 Å². The number of halogens is 1. The zero-order valence-electron chi connectivity index (χ0n) is 19.7. The highest BCUT2D eigenvalue weighted by molar-refractivity contribution is 6.32. The smallest absolute Gasteiger partial charge is 0.278 e. The summed E-state index contributed by atoms with van der Waals surface area (Å²) in [5.74, 6) is 0.757. The number of nitrogens with one attached hydrogen (secondary N) is 1. The Balaban J connectivity index is 1.47. The quantitative estimate of drug-likeness (QED) is 0.352. The molecule has 0 saturated heterocycles. The van der Waals surface area contributed by atoms with Crippen LogP contribution in [0.3, 0.4) is 0 Å². The molecule has 0 spiro atoms. The number of fused-ring (bicyclic) bond motifs is 1. The lowest BCUT2D eigenvalue weighted by Gasteiger charge is -2.19. The lowest BCUT2D eigenvalue weighted by Crippen LogP contribution is -2.27. The predicted molar refractivity (Wildman–Crippen MR) is 135 cm³/mol. The highest BCUT2D eigenvalue weighted by Gasteiger charge is 2.17. The van der Waals surface area contributed by atoms with Crippen molar-refractivity contribution in [1.82, 2.24) is 24.2 Å². The van der Waals surface area contributed by atoms with Crippen LogP contribution in [-0.2, 0) is 13.3 Å². The maximum atomic E-state index is 13.0. The van der Waals surface area contributed by atoms with Crippen LogP contribution < -0.4 is 10.1 Å². The van der Waals surface area contributed by atoms with Crippen LogP contribution in [0, 0.1) is 6.92 Å². The third kappa shape index (κ3) is 5.40. The van der Waals surface area contributed by atoms with Gasteiger partial charge in [-0.1, -0.05) is 43.6 Å². The van der Waals surface area contributed by atoms with E-state index < -0.39 is 0 Å². The summed E-state index contributed by atoms with van der Waals surface area (Å²) in [5.41, 5.74) is 3.15. The Morgan fingerprint density at radius 1 is 1.15 bits per heavy atom. The first kappa shape index (κ1) is 23.8. The third-order valence-electron chi connectivity index (χ3n) is 5.73. The fraction of sp³-hybridized carbons (Fsp3) is 0.320. The van der Waals surface area contributed by atoms with Gasteiger partial charge in [-0.2, -0.15) is 5.10 Å². The van der Waals surface area contributed by atoms with Crippen LogP contribution in [0.1, 0.15) is 29.9 Å². The number of nitrogens with zero attached hydrogens (tertiary/aromatic N) is 5. The Morgan fingerprint density at radius 3 is 2.74 bits per heavy atom. The third-order valence-corrected chi connectivity index (χ3v) is 6.04. The number of carbonyl (C=O) groups excluding carboxylic acids is 1. The molecule has 0 aliphatic rings. The summed E-state index contributed by atoms with van der Waals surface area (Å²) in [6, 6.07) is 15.1. The first-order chi connectivity index (χ1) is 16.5. The number of ether oxygens (including phenoxy) is 1. The summed E-state index contributed by atoms with van der Waals surface area (Å²) in [5, 5.41) is 7.81. The zero-order chi connectivity index (χ0) is 24.1. The number of para-hydroxylation sites is 2. The van der Waals surface area contributed by atoms with E-state index in [0.29, 0.717) is 16.7 Å². The fourth-order valence-corrected chi connectivity index (χ4v) is 3.93. The van der Waals surface area contributed by atoms with Crippen LogP contribution in [-0.4, -0.2) is 49.8 Å². The molecule has 1 N–H and O–H groups in total. The molecule has 0 saturated carbocycles. The van der Waals surface area contributed by atoms with Crippen LogP contribution in [0.4, 0.5) is 5.95 Å². The molecule has 8 nitrogen and oxygen atoms in total. The predicted octanol–water partition coefficient (Wildman–Crippen LogP) is 4.83. The van der Waals surface area contributed by atoms with E-state index in [2.05, 4.69) is 34.1 Å². The van der Waals surface area contributed by atoms with Crippen molar-refractivity contribution in [2.24, 2.45) is 0 Å². The molecule has 0 unspecified atom stereocenters. The van der Waals surface area contributed by atoms with Gasteiger partial charge in [0.05, 0.1) is 16.1 Å². The number of hydrogen-bond donors (Lipinski definition) is 1. The molecule has 2 aromatic carbocycles. The van der Waals surface area contributed by atoms with Gasteiger partial charge in [-0.3, -0.25) is 10.1 Å². The maximum Gasteiger partial charge on any atom is 0.278 e. The van der Waals surface area contributed by atoms with E-state index in [9.17, 15) is 4.79 Å². The average Bonchev–Trinajstić information content (AvgIpc) is 3.45. The molecule has 1 amide bonds. The van der Waals surface area contributed by atoms with Crippen molar-refractivity contribution in [3.8, 4) is 5.75 Å². The molecule has 2 aromatic heterocycles. The van der Waals surface area contributed by atoms with Gasteiger partial charge >= 0.3 is 0 Å². The monoisotopic (exact) mass is 480 g/mol. The number of imidazole rings is 1. The molecule has 178 valence electrons. The van der Waals surface area contributed by atoms with E-state index in [4.69, 9.17) is 16.3 Å². The van der Waals surface area contributed by atoms with Crippen LogP contribution in [0.5, 0.6) is 5.75 Å². The van der Waals surface area contributed by atoms with Crippen molar-refractivity contribution >= 4 is 34.5 Å². The molecule has 0 aliphatic heterocycles. The lowest BCUT2D eigenvalue weighted by atomic mass is 10.2. The number of hydrogen-bond acceptors (Lipinski definition) is 5. The van der Waals surface area contributed by atoms with Gasteiger partial charge in [-0.25, -0.2) is 9.67 Å². The van der Waals surface area contributed by atoms with Crippen LogP contribution in [0.15, 0.2) is 54.7 Å². The molecular weight excluding hydrogens is 452 g/mol. The molecular formula is C25H29ClN6O2. The van der Waals surface area contributed by atoms with Gasteiger partial charge < -0.3 is 14.2 Å². The number of aromatic nitrogens is 4. The van der Waals surface area contributed by atoms with Gasteiger partial charge in [-0.05, 0) is 55.9 Å². The van der Waals surface area contributed by atoms with Crippen molar-refractivity contribution in [1.29, 1.82) is 0 Å². The molecule has 0 atom stereocenters. The van der Waals surface area contributed by atoms with E-state index in [1.165, 1.54) is 0 Å². The standard InChI is InChI=1S/C25H29ClN6O2/c1-4-30(5-2)14-15-32-22-9-7-6-8-20(22)27-25(32)28-24(33)21-12-13-31(29-21)17-34-23-16-18(3)10-11-19(23)26/h6-13,16H,4-5,14-15,17H2,1-3H3,(H,27,28,33). The average molecular weight is 481 g/mol. The fourth-order valence-electron chi connectivity index (χ4n) is 3.76. The summed E-state index contributed by atoms with van der Waals surface area (Å²) in [4.78, 5) is 20.0. The SMILES string of the molecule is CCN(CC)CCn1c(NC(=O)c2ccn(COc3cc(C)ccc3Cl)n2)nc2ccccc21. The van der Waals surface area contributed by atoms with Gasteiger partial charge in [0.1, 0.15) is 5.75 Å². The molecule has 4 rings (SSSR count). The largest absolute Gasteiger partial charge is 0.470 e. The highest BCUT2D eigenvalue weighted by atomic mass is 35.5. The van der Waals surface area contributed by atoms with Crippen molar-refractivity contribution in [3.63, 3.8) is 0 Å². The summed E-state index contributed by atoms with van der Waals surface area (Å²) >= 11 is 6.19. The molecule has 0 fully saturated rings. The van der Waals surface area contributed by atoms with Crippen LogP contribution >= 0.6 is 11.6 Å². The second kappa shape index (κ2) is 10.7. The molecule has 4 aromatic rings. The number of carbonyl (C=O) groups is 1. The van der Waals surface area contributed by atoms with Gasteiger partial charge in [-0.15, -0.1) is 0 Å². The van der Waals surface area contributed by atoms with Crippen molar-refractivity contribution in [2.75, 3.05) is 25.0 Å². The van der Waals surface area contributed by atoms with Gasteiger partial charge in [0, 0.05) is 19.3 Å². The van der Waals surface area contributed by atoms with Gasteiger partial charge in [0.2, 0.25) is 5.95 Å². The van der Waals surface area contributed by atoms with Gasteiger partial charge in [0.15, 0.2) is 12.4 Å². The first-order valence-electron chi connectivity index (χ1n) is 11.4.